The Morgan fingerprint density at radius 3 is 2.65 bits per heavy atom. The lowest BCUT2D eigenvalue weighted by atomic mass is 10.0. The van der Waals surface area contributed by atoms with E-state index in [9.17, 15) is 4.79 Å². The molecular weight excluding hydrogens is 326 g/mol. The number of carbonyl (C=O) groups is 1. The highest BCUT2D eigenvalue weighted by molar-refractivity contribution is 5.92. The fourth-order valence-electron chi connectivity index (χ4n) is 3.57. The molecule has 0 unspecified atom stereocenters. The van der Waals surface area contributed by atoms with Crippen LogP contribution >= 0.6 is 0 Å². The van der Waals surface area contributed by atoms with Crippen LogP contribution < -0.4 is 10.6 Å². The van der Waals surface area contributed by atoms with Gasteiger partial charge in [0, 0.05) is 19.0 Å². The zero-order valence-electron chi connectivity index (χ0n) is 16.3. The number of pyridine rings is 1. The molecule has 2 aromatic heterocycles. The first-order valence-corrected chi connectivity index (χ1v) is 9.34. The highest BCUT2D eigenvalue weighted by Gasteiger charge is 2.28. The zero-order valence-corrected chi connectivity index (χ0v) is 16.3. The second kappa shape index (κ2) is 7.09. The molecule has 6 nitrogen and oxygen atoms in total. The summed E-state index contributed by atoms with van der Waals surface area (Å²) in [5, 5.41) is 10.9. The van der Waals surface area contributed by atoms with Gasteiger partial charge in [0.1, 0.15) is 17.3 Å². The van der Waals surface area contributed by atoms with Gasteiger partial charge in [0.25, 0.3) is 5.91 Å². The number of hydrogen-bond donors (Lipinski definition) is 2. The standard InChI is InChI=1S/C20H29N5O/c1-13-9-10-14(11-13)16-12-18(25(24-16)20(2,3)4)23-17-8-6-7-15(22-17)19(26)21-5/h6-8,12-14H,9-11H2,1-5H3,(H,21,26)(H,22,23)/t13-,14+/m1/s1. The molecule has 0 aliphatic heterocycles. The SMILES string of the molecule is CNC(=O)c1cccc(Nc2cc([C@H]3CC[C@@H](C)C3)nn2C(C)(C)C)n1. The second-order valence-corrected chi connectivity index (χ2v) is 8.26. The van der Waals surface area contributed by atoms with Crippen LogP contribution in [0.3, 0.4) is 0 Å². The third-order valence-corrected chi connectivity index (χ3v) is 4.94. The maximum absolute atomic E-state index is 11.8. The summed E-state index contributed by atoms with van der Waals surface area (Å²) >= 11 is 0. The third kappa shape index (κ3) is 3.89. The van der Waals surface area contributed by atoms with Crippen LogP contribution in [0.2, 0.25) is 0 Å². The molecule has 0 bridgehead atoms. The second-order valence-electron chi connectivity index (χ2n) is 8.26. The molecule has 1 aliphatic carbocycles. The maximum atomic E-state index is 11.8. The molecule has 2 heterocycles. The first kappa shape index (κ1) is 18.4. The van der Waals surface area contributed by atoms with Gasteiger partial charge in [0.15, 0.2) is 0 Å². The molecule has 2 atom stereocenters. The van der Waals surface area contributed by atoms with Crippen molar-refractivity contribution in [3.05, 3.63) is 35.7 Å². The molecule has 1 aliphatic rings. The van der Waals surface area contributed by atoms with Gasteiger partial charge < -0.3 is 10.6 Å². The van der Waals surface area contributed by atoms with E-state index in [0.29, 0.717) is 17.4 Å². The van der Waals surface area contributed by atoms with Gasteiger partial charge in [0.05, 0.1) is 11.2 Å². The molecule has 0 radical (unpaired) electrons. The van der Waals surface area contributed by atoms with Crippen LogP contribution in [0, 0.1) is 5.92 Å². The van der Waals surface area contributed by atoms with Crippen LogP contribution in [-0.4, -0.2) is 27.7 Å². The number of amides is 1. The van der Waals surface area contributed by atoms with Gasteiger partial charge >= 0.3 is 0 Å². The summed E-state index contributed by atoms with van der Waals surface area (Å²) in [7, 11) is 1.60. The molecule has 6 heteroatoms. The number of aromatic nitrogens is 3. The highest BCUT2D eigenvalue weighted by Crippen LogP contribution is 2.39. The fraction of sp³-hybridized carbons (Fsp3) is 0.550. The Balaban J connectivity index is 1.91. The predicted octanol–water partition coefficient (Wildman–Crippen LogP) is 4.04. The average molecular weight is 355 g/mol. The van der Waals surface area contributed by atoms with E-state index in [1.807, 2.05) is 16.8 Å². The molecule has 0 aromatic carbocycles. The average Bonchev–Trinajstić information content (AvgIpc) is 3.20. The monoisotopic (exact) mass is 355 g/mol. The number of carbonyl (C=O) groups excluding carboxylic acids is 1. The Morgan fingerprint density at radius 1 is 1.27 bits per heavy atom. The van der Waals surface area contributed by atoms with Crippen LogP contribution in [-0.2, 0) is 5.54 Å². The van der Waals surface area contributed by atoms with Crippen molar-refractivity contribution in [1.29, 1.82) is 0 Å². The Kier molecular flexibility index (Phi) is 5.03. The Morgan fingerprint density at radius 2 is 2.04 bits per heavy atom. The van der Waals surface area contributed by atoms with Crippen molar-refractivity contribution in [3.63, 3.8) is 0 Å². The molecule has 1 fully saturated rings. The Hall–Kier alpha value is -2.37. The zero-order chi connectivity index (χ0) is 18.9. The van der Waals surface area contributed by atoms with Gasteiger partial charge in [-0.3, -0.25) is 4.79 Å². The molecule has 0 saturated heterocycles. The van der Waals surface area contributed by atoms with Gasteiger partial charge in [-0.1, -0.05) is 19.4 Å². The molecule has 1 amide bonds. The third-order valence-electron chi connectivity index (χ3n) is 4.94. The normalized spacial score (nSPS) is 20.2. The molecule has 0 spiro atoms. The molecule has 2 aromatic rings. The number of anilines is 2. The molecular formula is C20H29N5O. The smallest absolute Gasteiger partial charge is 0.269 e. The summed E-state index contributed by atoms with van der Waals surface area (Å²) < 4.78 is 2.03. The number of nitrogens with zero attached hydrogens (tertiary/aromatic N) is 3. The van der Waals surface area contributed by atoms with E-state index in [4.69, 9.17) is 5.10 Å². The molecule has 3 rings (SSSR count). The Bertz CT molecular complexity index is 790. The lowest BCUT2D eigenvalue weighted by molar-refractivity contribution is 0.0958. The van der Waals surface area contributed by atoms with Crippen molar-refractivity contribution in [2.75, 3.05) is 12.4 Å². The van der Waals surface area contributed by atoms with Crippen LogP contribution in [0.25, 0.3) is 0 Å². The minimum Gasteiger partial charge on any atom is -0.354 e. The molecule has 1 saturated carbocycles. The molecule has 26 heavy (non-hydrogen) atoms. The van der Waals surface area contributed by atoms with E-state index in [-0.39, 0.29) is 11.4 Å². The van der Waals surface area contributed by atoms with Gasteiger partial charge in [0.2, 0.25) is 0 Å². The lowest BCUT2D eigenvalue weighted by Crippen LogP contribution is -2.25. The first-order valence-electron chi connectivity index (χ1n) is 9.34. The lowest BCUT2D eigenvalue weighted by Gasteiger charge is -2.22. The summed E-state index contributed by atoms with van der Waals surface area (Å²) in [4.78, 5) is 16.3. The van der Waals surface area contributed by atoms with Crippen molar-refractivity contribution in [2.45, 2.75) is 58.4 Å². The number of rotatable bonds is 4. The van der Waals surface area contributed by atoms with Crippen molar-refractivity contribution in [1.82, 2.24) is 20.1 Å². The summed E-state index contributed by atoms with van der Waals surface area (Å²) in [5.41, 5.74) is 1.39. The highest BCUT2D eigenvalue weighted by atomic mass is 16.1. The number of nitrogens with one attached hydrogen (secondary N) is 2. The van der Waals surface area contributed by atoms with Crippen LogP contribution in [0.4, 0.5) is 11.6 Å². The topological polar surface area (TPSA) is 71.8 Å². The van der Waals surface area contributed by atoms with Crippen molar-refractivity contribution in [2.24, 2.45) is 5.92 Å². The van der Waals surface area contributed by atoms with E-state index < -0.39 is 0 Å². The maximum Gasteiger partial charge on any atom is 0.269 e. The largest absolute Gasteiger partial charge is 0.354 e. The van der Waals surface area contributed by atoms with E-state index in [1.54, 1.807) is 13.1 Å². The first-order chi connectivity index (χ1) is 12.3. The van der Waals surface area contributed by atoms with Gasteiger partial charge in [-0.25, -0.2) is 9.67 Å². The summed E-state index contributed by atoms with van der Waals surface area (Å²) in [6.07, 6.45) is 3.67. The van der Waals surface area contributed by atoms with Crippen molar-refractivity contribution < 1.29 is 4.79 Å². The summed E-state index contributed by atoms with van der Waals surface area (Å²) in [6.45, 7) is 8.73. The van der Waals surface area contributed by atoms with Gasteiger partial charge in [-0.2, -0.15) is 5.10 Å². The van der Waals surface area contributed by atoms with Crippen LogP contribution in [0.15, 0.2) is 24.3 Å². The van der Waals surface area contributed by atoms with E-state index in [1.165, 1.54) is 19.3 Å². The van der Waals surface area contributed by atoms with E-state index in [2.05, 4.69) is 49.4 Å². The Labute approximate surface area is 155 Å². The van der Waals surface area contributed by atoms with E-state index in [0.717, 1.165) is 17.4 Å². The quantitative estimate of drug-likeness (QED) is 0.868. The van der Waals surface area contributed by atoms with Crippen LogP contribution in [0.5, 0.6) is 0 Å². The van der Waals surface area contributed by atoms with Gasteiger partial charge in [-0.05, 0) is 51.7 Å². The fourth-order valence-corrected chi connectivity index (χ4v) is 3.57. The van der Waals surface area contributed by atoms with Crippen LogP contribution in [0.1, 0.15) is 69.1 Å². The minimum atomic E-state index is -0.196. The van der Waals surface area contributed by atoms with E-state index >= 15 is 0 Å². The number of hydrogen-bond acceptors (Lipinski definition) is 4. The molecule has 2 N–H and O–H groups in total. The van der Waals surface area contributed by atoms with Crippen molar-refractivity contribution in [3.8, 4) is 0 Å². The molecule has 140 valence electrons. The van der Waals surface area contributed by atoms with Gasteiger partial charge in [-0.15, -0.1) is 0 Å². The predicted molar refractivity (Wildman–Crippen MR) is 104 cm³/mol. The minimum absolute atomic E-state index is 0.150. The summed E-state index contributed by atoms with van der Waals surface area (Å²) in [5.74, 6) is 2.65. The summed E-state index contributed by atoms with van der Waals surface area (Å²) in [6, 6.07) is 7.54. The van der Waals surface area contributed by atoms with Crippen molar-refractivity contribution >= 4 is 17.5 Å².